The summed E-state index contributed by atoms with van der Waals surface area (Å²) < 4.78 is 11.2. The second-order valence-corrected chi connectivity index (χ2v) is 7.37. The van der Waals surface area contributed by atoms with Crippen molar-refractivity contribution in [1.82, 2.24) is 0 Å². The molecule has 2 aromatic carbocycles. The van der Waals surface area contributed by atoms with Crippen molar-refractivity contribution in [3.8, 4) is 17.2 Å². The summed E-state index contributed by atoms with van der Waals surface area (Å²) in [4.78, 5) is 0. The standard InChI is InChI=1S/C23H25NO3/c1-14(2)13-27-21-9-5-8-18-16-6-4-7-17(16)22(24-23(18)21)15-10-11-20(26-3)19(25)12-15/h4-6,8-12,16-17,22,24-25H,1,7,13H2,2-3H3. The SMILES string of the molecule is C=C(C)COc1cccc2c1NC(c1ccc(OC)c(O)c1)C1CC=CC21. The summed E-state index contributed by atoms with van der Waals surface area (Å²) in [6, 6.07) is 12.0. The molecule has 0 bridgehead atoms. The van der Waals surface area contributed by atoms with Gasteiger partial charge < -0.3 is 19.9 Å². The maximum atomic E-state index is 10.3. The lowest BCUT2D eigenvalue weighted by Crippen LogP contribution is -2.29. The van der Waals surface area contributed by atoms with Crippen LogP contribution in [0.5, 0.6) is 17.2 Å². The third-order valence-electron chi connectivity index (χ3n) is 5.39. The molecule has 0 spiro atoms. The van der Waals surface area contributed by atoms with Crippen molar-refractivity contribution in [3.05, 3.63) is 71.8 Å². The van der Waals surface area contributed by atoms with Crippen molar-refractivity contribution in [1.29, 1.82) is 0 Å². The molecule has 1 aliphatic heterocycles. The smallest absolute Gasteiger partial charge is 0.160 e. The molecule has 1 heterocycles. The van der Waals surface area contributed by atoms with Crippen LogP contribution >= 0.6 is 0 Å². The van der Waals surface area contributed by atoms with Crippen molar-refractivity contribution in [2.75, 3.05) is 19.0 Å². The molecule has 2 aliphatic rings. The quantitative estimate of drug-likeness (QED) is 0.719. The molecule has 3 atom stereocenters. The zero-order valence-electron chi connectivity index (χ0n) is 15.7. The van der Waals surface area contributed by atoms with E-state index in [0.29, 0.717) is 24.2 Å². The Balaban J connectivity index is 1.73. The van der Waals surface area contributed by atoms with Crippen molar-refractivity contribution in [2.45, 2.75) is 25.3 Å². The van der Waals surface area contributed by atoms with Crippen LogP contribution < -0.4 is 14.8 Å². The molecular formula is C23H25NO3. The second-order valence-electron chi connectivity index (χ2n) is 7.37. The van der Waals surface area contributed by atoms with Gasteiger partial charge in [0.15, 0.2) is 11.5 Å². The number of anilines is 1. The number of hydrogen-bond donors (Lipinski definition) is 2. The van der Waals surface area contributed by atoms with Gasteiger partial charge in [-0.3, -0.25) is 0 Å². The second kappa shape index (κ2) is 7.03. The molecule has 0 radical (unpaired) electrons. The van der Waals surface area contributed by atoms with E-state index in [2.05, 4.69) is 36.2 Å². The van der Waals surface area contributed by atoms with Gasteiger partial charge in [-0.15, -0.1) is 0 Å². The Bertz CT molecular complexity index is 902. The van der Waals surface area contributed by atoms with Crippen LogP contribution in [0.15, 0.2) is 60.7 Å². The highest BCUT2D eigenvalue weighted by Gasteiger charge is 2.39. The van der Waals surface area contributed by atoms with Gasteiger partial charge in [0.1, 0.15) is 12.4 Å². The Morgan fingerprint density at radius 2 is 2.11 bits per heavy atom. The highest BCUT2D eigenvalue weighted by Crippen LogP contribution is 2.52. The van der Waals surface area contributed by atoms with Crippen LogP contribution in [0.1, 0.15) is 36.4 Å². The Morgan fingerprint density at radius 3 is 2.85 bits per heavy atom. The number of fused-ring (bicyclic) bond motifs is 3. The minimum absolute atomic E-state index is 0.0869. The highest BCUT2D eigenvalue weighted by atomic mass is 16.5. The number of para-hydroxylation sites is 1. The lowest BCUT2D eigenvalue weighted by Gasteiger charge is -2.38. The fraction of sp³-hybridized carbons (Fsp3) is 0.304. The summed E-state index contributed by atoms with van der Waals surface area (Å²) >= 11 is 0. The van der Waals surface area contributed by atoms with E-state index >= 15 is 0 Å². The highest BCUT2D eigenvalue weighted by molar-refractivity contribution is 5.68. The molecule has 4 rings (SSSR count). The molecule has 0 saturated heterocycles. The topological polar surface area (TPSA) is 50.7 Å². The van der Waals surface area contributed by atoms with E-state index in [1.54, 1.807) is 13.2 Å². The first-order chi connectivity index (χ1) is 13.1. The molecule has 2 N–H and O–H groups in total. The molecule has 0 fully saturated rings. The minimum atomic E-state index is 0.0869. The number of ether oxygens (including phenoxy) is 2. The molecule has 1 aliphatic carbocycles. The number of allylic oxidation sites excluding steroid dienone is 2. The summed E-state index contributed by atoms with van der Waals surface area (Å²) in [5, 5.41) is 13.9. The Labute approximate surface area is 160 Å². The Kier molecular flexibility index (Phi) is 4.56. The van der Waals surface area contributed by atoms with Crippen LogP contribution in [-0.2, 0) is 0 Å². The van der Waals surface area contributed by atoms with E-state index in [1.807, 2.05) is 25.1 Å². The van der Waals surface area contributed by atoms with Gasteiger partial charge in [-0.05, 0) is 54.2 Å². The summed E-state index contributed by atoms with van der Waals surface area (Å²) in [5.74, 6) is 2.24. The maximum absolute atomic E-state index is 10.3. The van der Waals surface area contributed by atoms with E-state index in [-0.39, 0.29) is 11.8 Å². The van der Waals surface area contributed by atoms with Gasteiger partial charge in [-0.2, -0.15) is 0 Å². The van der Waals surface area contributed by atoms with Gasteiger partial charge in [0, 0.05) is 5.92 Å². The minimum Gasteiger partial charge on any atom is -0.504 e. The van der Waals surface area contributed by atoms with Crippen molar-refractivity contribution in [2.24, 2.45) is 5.92 Å². The van der Waals surface area contributed by atoms with E-state index in [0.717, 1.165) is 29.0 Å². The number of phenolic OH excluding ortho intramolecular Hbond substituents is 1. The monoisotopic (exact) mass is 363 g/mol. The predicted molar refractivity (Wildman–Crippen MR) is 108 cm³/mol. The van der Waals surface area contributed by atoms with Crippen LogP contribution in [0.4, 0.5) is 5.69 Å². The maximum Gasteiger partial charge on any atom is 0.160 e. The molecular weight excluding hydrogens is 338 g/mol. The third-order valence-corrected chi connectivity index (χ3v) is 5.39. The largest absolute Gasteiger partial charge is 0.504 e. The zero-order valence-corrected chi connectivity index (χ0v) is 15.7. The molecule has 27 heavy (non-hydrogen) atoms. The van der Waals surface area contributed by atoms with Crippen LogP contribution in [0.2, 0.25) is 0 Å². The van der Waals surface area contributed by atoms with Crippen molar-refractivity contribution < 1.29 is 14.6 Å². The van der Waals surface area contributed by atoms with Gasteiger partial charge in [-0.25, -0.2) is 0 Å². The van der Waals surface area contributed by atoms with Crippen LogP contribution in [-0.4, -0.2) is 18.8 Å². The van der Waals surface area contributed by atoms with Gasteiger partial charge in [0.25, 0.3) is 0 Å². The van der Waals surface area contributed by atoms with E-state index in [4.69, 9.17) is 9.47 Å². The number of hydrogen-bond acceptors (Lipinski definition) is 4. The molecule has 4 nitrogen and oxygen atoms in total. The summed E-state index contributed by atoms with van der Waals surface area (Å²) in [6.07, 6.45) is 5.55. The van der Waals surface area contributed by atoms with Crippen LogP contribution in [0.25, 0.3) is 0 Å². The number of methoxy groups -OCH3 is 1. The van der Waals surface area contributed by atoms with Crippen LogP contribution in [0, 0.1) is 5.92 Å². The average molecular weight is 363 g/mol. The molecule has 3 unspecified atom stereocenters. The molecule has 140 valence electrons. The lowest BCUT2D eigenvalue weighted by molar-refractivity contribution is 0.348. The molecule has 0 amide bonds. The summed E-state index contributed by atoms with van der Waals surface area (Å²) in [7, 11) is 1.56. The van der Waals surface area contributed by atoms with E-state index < -0.39 is 0 Å². The molecule has 2 aromatic rings. The van der Waals surface area contributed by atoms with Gasteiger partial charge >= 0.3 is 0 Å². The number of phenols is 1. The van der Waals surface area contributed by atoms with Crippen LogP contribution in [0.3, 0.4) is 0 Å². The number of nitrogens with one attached hydrogen (secondary N) is 1. The molecule has 0 aromatic heterocycles. The lowest BCUT2D eigenvalue weighted by atomic mass is 9.77. The average Bonchev–Trinajstić information content (AvgIpc) is 3.15. The first-order valence-electron chi connectivity index (χ1n) is 9.28. The van der Waals surface area contributed by atoms with Gasteiger partial charge in [-0.1, -0.05) is 36.9 Å². The molecule has 4 heteroatoms. The Morgan fingerprint density at radius 1 is 1.26 bits per heavy atom. The van der Waals surface area contributed by atoms with Gasteiger partial charge in [0.2, 0.25) is 0 Å². The predicted octanol–water partition coefficient (Wildman–Crippen LogP) is 5.18. The number of benzene rings is 2. The normalized spacial score (nSPS) is 22.5. The van der Waals surface area contributed by atoms with Gasteiger partial charge in [0.05, 0.1) is 18.8 Å². The van der Waals surface area contributed by atoms with E-state index in [9.17, 15) is 5.11 Å². The third kappa shape index (κ3) is 3.16. The van der Waals surface area contributed by atoms with Crippen molar-refractivity contribution in [3.63, 3.8) is 0 Å². The fourth-order valence-electron chi connectivity index (χ4n) is 4.14. The number of aromatic hydroxyl groups is 1. The van der Waals surface area contributed by atoms with E-state index in [1.165, 1.54) is 5.56 Å². The first kappa shape index (κ1) is 17.5. The molecule has 0 saturated carbocycles. The Hall–Kier alpha value is -2.88. The summed E-state index contributed by atoms with van der Waals surface area (Å²) in [5.41, 5.74) is 4.33. The van der Waals surface area contributed by atoms with Crippen molar-refractivity contribution >= 4 is 5.69 Å². The fourth-order valence-corrected chi connectivity index (χ4v) is 4.14. The first-order valence-corrected chi connectivity index (χ1v) is 9.28. The number of rotatable bonds is 5. The zero-order chi connectivity index (χ0) is 19.0. The summed E-state index contributed by atoms with van der Waals surface area (Å²) in [6.45, 7) is 6.38.